The Hall–Kier alpha value is -2.62. The molecule has 3 heterocycles. The maximum atomic E-state index is 12.9. The number of amides is 1. The number of phenols is 1. The van der Waals surface area contributed by atoms with Gasteiger partial charge in [-0.25, -0.2) is 8.42 Å². The molecule has 0 atom stereocenters. The molecule has 8 nitrogen and oxygen atoms in total. The van der Waals surface area contributed by atoms with Crippen molar-refractivity contribution in [1.82, 2.24) is 19.6 Å². The van der Waals surface area contributed by atoms with Crippen LogP contribution in [0.15, 0.2) is 47.6 Å². The number of halogens is 1. The number of aromatic nitrogens is 2. The van der Waals surface area contributed by atoms with Crippen molar-refractivity contribution < 1.29 is 18.3 Å². The molecule has 1 fully saturated rings. The van der Waals surface area contributed by atoms with Crippen molar-refractivity contribution in [1.29, 1.82) is 0 Å². The molecule has 0 unspecified atom stereocenters. The minimum Gasteiger partial charge on any atom is -0.507 e. The van der Waals surface area contributed by atoms with Crippen LogP contribution in [0, 0.1) is 5.92 Å². The number of phenolic OH excluding ortho intramolecular Hbond substituents is 1. The van der Waals surface area contributed by atoms with Gasteiger partial charge in [0.05, 0.1) is 0 Å². The molecule has 1 aliphatic heterocycles. The average molecular weight is 491 g/mol. The van der Waals surface area contributed by atoms with Crippen LogP contribution in [0.5, 0.6) is 5.75 Å². The van der Waals surface area contributed by atoms with Crippen LogP contribution < -0.4 is 5.32 Å². The molecule has 3 aromatic rings. The molecule has 4 rings (SSSR count). The number of hydrogen-bond acceptors (Lipinski definition) is 5. The van der Waals surface area contributed by atoms with E-state index in [1.807, 2.05) is 6.07 Å². The average Bonchev–Trinajstić information content (AvgIpc) is 3.25. The van der Waals surface area contributed by atoms with Crippen LogP contribution in [0.1, 0.15) is 42.6 Å². The first kappa shape index (κ1) is 23.5. The fourth-order valence-electron chi connectivity index (χ4n) is 4.22. The van der Waals surface area contributed by atoms with E-state index in [2.05, 4.69) is 15.3 Å². The molecule has 0 spiro atoms. The van der Waals surface area contributed by atoms with E-state index in [9.17, 15) is 18.3 Å². The molecule has 176 valence electrons. The number of nitrogens with one attached hydrogen (secondary N) is 2. The van der Waals surface area contributed by atoms with Gasteiger partial charge in [0.1, 0.15) is 16.3 Å². The summed E-state index contributed by atoms with van der Waals surface area (Å²) in [6.45, 7) is 1.43. The molecular weight excluding hydrogens is 464 g/mol. The van der Waals surface area contributed by atoms with Crippen LogP contribution in [-0.4, -0.2) is 53.3 Å². The number of aromatic hydroxyl groups is 1. The number of pyridine rings is 1. The van der Waals surface area contributed by atoms with Crippen LogP contribution in [0.4, 0.5) is 0 Å². The van der Waals surface area contributed by atoms with E-state index in [-0.39, 0.29) is 21.6 Å². The lowest BCUT2D eigenvalue weighted by atomic mass is 9.92. The van der Waals surface area contributed by atoms with Crippen molar-refractivity contribution in [3.63, 3.8) is 0 Å². The first-order valence-electron chi connectivity index (χ1n) is 11.0. The van der Waals surface area contributed by atoms with Crippen LogP contribution in [0.3, 0.4) is 0 Å². The number of carbonyl (C=O) groups is 1. The summed E-state index contributed by atoms with van der Waals surface area (Å²) < 4.78 is 27.2. The van der Waals surface area contributed by atoms with Crippen molar-refractivity contribution in [2.45, 2.75) is 37.0 Å². The van der Waals surface area contributed by atoms with Gasteiger partial charge in [-0.1, -0.05) is 24.4 Å². The molecule has 1 saturated heterocycles. The number of benzene rings is 1. The SMILES string of the molecule is O=C(NCCCCC1CCN(S(=O)(=O)c2cc(Cl)ccc2O)CC1)c1cc2cnccc2[nH]1. The Morgan fingerprint density at radius 2 is 2.00 bits per heavy atom. The Kier molecular flexibility index (Phi) is 7.21. The molecule has 1 aromatic carbocycles. The van der Waals surface area contributed by atoms with Crippen molar-refractivity contribution in [2.24, 2.45) is 5.92 Å². The quantitative estimate of drug-likeness (QED) is 0.414. The van der Waals surface area contributed by atoms with Gasteiger partial charge in [-0.05, 0) is 55.5 Å². The van der Waals surface area contributed by atoms with E-state index < -0.39 is 10.0 Å². The van der Waals surface area contributed by atoms with Crippen molar-refractivity contribution >= 4 is 38.4 Å². The van der Waals surface area contributed by atoms with Gasteiger partial charge in [-0.3, -0.25) is 9.78 Å². The number of rotatable bonds is 8. The summed E-state index contributed by atoms with van der Waals surface area (Å²) in [6.07, 6.45) is 7.76. The van der Waals surface area contributed by atoms with E-state index in [1.165, 1.54) is 22.5 Å². The standard InChI is InChI=1S/C23H27ClN4O4S/c24-18-4-5-21(29)22(14-18)33(31,32)28-11-7-16(8-12-28)3-1-2-9-26-23(30)20-13-17-15-25-10-6-19(17)27-20/h4-6,10,13-16,27,29H,1-3,7-9,11-12H2,(H,26,30). The highest BCUT2D eigenvalue weighted by Gasteiger charge is 2.31. The summed E-state index contributed by atoms with van der Waals surface area (Å²) >= 11 is 5.92. The zero-order valence-electron chi connectivity index (χ0n) is 18.1. The van der Waals surface area contributed by atoms with E-state index >= 15 is 0 Å². The molecule has 0 bridgehead atoms. The minimum atomic E-state index is -3.77. The molecule has 2 aromatic heterocycles. The van der Waals surface area contributed by atoms with Crippen LogP contribution in [0.2, 0.25) is 5.02 Å². The Labute approximate surface area is 198 Å². The number of hydrogen-bond donors (Lipinski definition) is 3. The van der Waals surface area contributed by atoms with Gasteiger partial charge < -0.3 is 15.4 Å². The molecule has 1 amide bonds. The first-order chi connectivity index (χ1) is 15.8. The number of nitrogens with zero attached hydrogens (tertiary/aromatic N) is 2. The Morgan fingerprint density at radius 3 is 2.76 bits per heavy atom. The third-order valence-electron chi connectivity index (χ3n) is 6.10. The van der Waals surface area contributed by atoms with E-state index in [0.717, 1.165) is 43.0 Å². The van der Waals surface area contributed by atoms with Gasteiger partial charge in [-0.2, -0.15) is 4.31 Å². The molecule has 0 aliphatic carbocycles. The first-order valence-corrected chi connectivity index (χ1v) is 12.9. The highest BCUT2D eigenvalue weighted by molar-refractivity contribution is 7.89. The zero-order chi connectivity index (χ0) is 23.4. The van der Waals surface area contributed by atoms with Gasteiger partial charge in [0, 0.05) is 48.0 Å². The Bertz CT molecular complexity index is 1200. The number of unbranched alkanes of at least 4 members (excludes halogenated alkanes) is 1. The third-order valence-corrected chi connectivity index (χ3v) is 8.27. The van der Waals surface area contributed by atoms with Gasteiger partial charge in [0.25, 0.3) is 5.91 Å². The lowest BCUT2D eigenvalue weighted by molar-refractivity contribution is 0.0948. The van der Waals surface area contributed by atoms with Gasteiger partial charge in [0.2, 0.25) is 10.0 Å². The monoisotopic (exact) mass is 490 g/mol. The van der Waals surface area contributed by atoms with E-state index in [1.54, 1.807) is 18.5 Å². The number of sulfonamides is 1. The largest absolute Gasteiger partial charge is 0.507 e. The van der Waals surface area contributed by atoms with Gasteiger partial charge in [-0.15, -0.1) is 0 Å². The second-order valence-corrected chi connectivity index (χ2v) is 10.7. The number of piperidine rings is 1. The number of aromatic amines is 1. The summed E-state index contributed by atoms with van der Waals surface area (Å²) in [6, 6.07) is 7.68. The summed E-state index contributed by atoms with van der Waals surface area (Å²) in [4.78, 5) is 19.3. The topological polar surface area (TPSA) is 115 Å². The molecule has 1 aliphatic rings. The van der Waals surface area contributed by atoms with Crippen molar-refractivity contribution in [2.75, 3.05) is 19.6 Å². The predicted molar refractivity (Wildman–Crippen MR) is 127 cm³/mol. The fraction of sp³-hybridized carbons (Fsp3) is 0.391. The third kappa shape index (κ3) is 5.48. The van der Waals surface area contributed by atoms with E-state index in [0.29, 0.717) is 31.2 Å². The molecule has 3 N–H and O–H groups in total. The summed E-state index contributed by atoms with van der Waals surface area (Å²) in [5.74, 6) is 0.0305. The highest BCUT2D eigenvalue weighted by Crippen LogP contribution is 2.32. The summed E-state index contributed by atoms with van der Waals surface area (Å²) in [5, 5.41) is 14.1. The van der Waals surface area contributed by atoms with Crippen molar-refractivity contribution in [3.8, 4) is 5.75 Å². The minimum absolute atomic E-state index is 0.131. The maximum Gasteiger partial charge on any atom is 0.267 e. The Balaban J connectivity index is 1.18. The van der Waals surface area contributed by atoms with Gasteiger partial charge in [0.15, 0.2) is 0 Å². The zero-order valence-corrected chi connectivity index (χ0v) is 19.7. The molecule has 0 radical (unpaired) electrons. The maximum absolute atomic E-state index is 12.9. The molecule has 10 heteroatoms. The summed E-state index contributed by atoms with van der Waals surface area (Å²) in [5.41, 5.74) is 1.41. The normalized spacial score (nSPS) is 15.7. The van der Waals surface area contributed by atoms with E-state index in [4.69, 9.17) is 11.6 Å². The fourth-order valence-corrected chi connectivity index (χ4v) is 6.04. The second kappa shape index (κ2) is 10.1. The Morgan fingerprint density at radius 1 is 1.21 bits per heavy atom. The molecule has 0 saturated carbocycles. The number of H-pyrrole nitrogens is 1. The van der Waals surface area contributed by atoms with Crippen molar-refractivity contribution in [3.05, 3.63) is 53.4 Å². The number of fused-ring (bicyclic) bond motifs is 1. The predicted octanol–water partition coefficient (Wildman–Crippen LogP) is 3.92. The van der Waals surface area contributed by atoms with Gasteiger partial charge >= 0.3 is 0 Å². The molecular formula is C23H27ClN4O4S. The van der Waals surface area contributed by atoms with Crippen LogP contribution in [-0.2, 0) is 10.0 Å². The smallest absolute Gasteiger partial charge is 0.267 e. The number of carbonyl (C=O) groups excluding carboxylic acids is 1. The van der Waals surface area contributed by atoms with Crippen LogP contribution in [0.25, 0.3) is 10.9 Å². The van der Waals surface area contributed by atoms with Crippen LogP contribution >= 0.6 is 11.6 Å². The lowest BCUT2D eigenvalue weighted by Crippen LogP contribution is -2.38. The highest BCUT2D eigenvalue weighted by atomic mass is 35.5. The second-order valence-electron chi connectivity index (χ2n) is 8.36. The molecule has 33 heavy (non-hydrogen) atoms. The lowest BCUT2D eigenvalue weighted by Gasteiger charge is -2.31. The summed E-state index contributed by atoms with van der Waals surface area (Å²) in [7, 11) is -3.77.